The zero-order valence-electron chi connectivity index (χ0n) is 18.3. The number of thiazole rings is 1. The Kier molecular flexibility index (Phi) is 6.88. The van der Waals surface area contributed by atoms with Gasteiger partial charge in [-0.3, -0.25) is 4.79 Å². The van der Waals surface area contributed by atoms with Gasteiger partial charge in [-0.1, -0.05) is 34.4 Å². The molecule has 4 heterocycles. The van der Waals surface area contributed by atoms with Gasteiger partial charge in [-0.2, -0.15) is 0 Å². The van der Waals surface area contributed by atoms with Crippen LogP contribution in [-0.2, 0) is 4.79 Å². The molecule has 0 N–H and O–H groups in total. The van der Waals surface area contributed by atoms with Crippen LogP contribution in [0.1, 0.15) is 34.2 Å². The molecule has 1 aromatic carbocycles. The summed E-state index contributed by atoms with van der Waals surface area (Å²) < 4.78 is 5.55. The molecule has 0 unspecified atom stereocenters. The summed E-state index contributed by atoms with van der Waals surface area (Å²) >= 11 is 15.4. The second kappa shape index (κ2) is 10.0. The molecule has 3 aromatic heterocycles. The van der Waals surface area contributed by atoms with Gasteiger partial charge in [0.15, 0.2) is 5.76 Å². The molecular formula is C25H21Cl2N3O2S2. The molecule has 1 aliphatic heterocycles. The number of amides is 1. The first kappa shape index (κ1) is 23.3. The molecule has 0 spiro atoms. The minimum absolute atomic E-state index is 0.0718. The van der Waals surface area contributed by atoms with Crippen LogP contribution in [0.4, 0.5) is 0 Å². The quantitative estimate of drug-likeness (QED) is 0.250. The van der Waals surface area contributed by atoms with Crippen molar-refractivity contribution < 1.29 is 9.32 Å². The molecule has 1 saturated heterocycles. The first-order valence-corrected chi connectivity index (χ1v) is 13.4. The molecule has 0 atom stereocenters. The molecule has 0 aliphatic carbocycles. The first-order valence-electron chi connectivity index (χ1n) is 10.9. The number of halogens is 2. The van der Waals surface area contributed by atoms with Crippen molar-refractivity contribution in [2.24, 2.45) is 0 Å². The predicted molar refractivity (Wildman–Crippen MR) is 140 cm³/mol. The smallest absolute Gasteiger partial charge is 0.246 e. The van der Waals surface area contributed by atoms with Crippen LogP contribution >= 0.6 is 45.9 Å². The first-order chi connectivity index (χ1) is 16.5. The van der Waals surface area contributed by atoms with Crippen molar-refractivity contribution in [3.63, 3.8) is 0 Å². The fraction of sp³-hybridized carbons (Fsp3) is 0.240. The van der Waals surface area contributed by atoms with Crippen molar-refractivity contribution >= 4 is 57.9 Å². The van der Waals surface area contributed by atoms with Crippen molar-refractivity contribution in [2.75, 3.05) is 13.1 Å². The SMILES string of the molecule is Cc1ccsc1/C=C/C(=O)N1CCC(c2nc(-c3cc(-c4ccc(Cl)c(Cl)c4)no3)cs2)CC1. The van der Waals surface area contributed by atoms with Gasteiger partial charge in [0, 0.05) is 47.0 Å². The molecule has 5 nitrogen and oxygen atoms in total. The highest BCUT2D eigenvalue weighted by molar-refractivity contribution is 7.11. The number of rotatable bonds is 5. The zero-order valence-corrected chi connectivity index (χ0v) is 21.5. The third-order valence-electron chi connectivity index (χ3n) is 5.93. The number of nitrogens with zero attached hydrogens (tertiary/aromatic N) is 3. The monoisotopic (exact) mass is 529 g/mol. The van der Waals surface area contributed by atoms with Crippen molar-refractivity contribution in [1.82, 2.24) is 15.0 Å². The Morgan fingerprint density at radius 1 is 1.12 bits per heavy atom. The van der Waals surface area contributed by atoms with Crippen molar-refractivity contribution in [3.05, 3.63) is 72.7 Å². The van der Waals surface area contributed by atoms with Crippen LogP contribution in [0.2, 0.25) is 10.0 Å². The van der Waals surface area contributed by atoms with Gasteiger partial charge >= 0.3 is 0 Å². The average molecular weight is 531 g/mol. The summed E-state index contributed by atoms with van der Waals surface area (Å²) in [5.41, 5.74) is 3.48. The van der Waals surface area contributed by atoms with Gasteiger partial charge in [-0.05, 0) is 55.0 Å². The topological polar surface area (TPSA) is 59.2 Å². The van der Waals surface area contributed by atoms with E-state index in [4.69, 9.17) is 32.7 Å². The maximum atomic E-state index is 12.6. The van der Waals surface area contributed by atoms with E-state index in [-0.39, 0.29) is 5.91 Å². The lowest BCUT2D eigenvalue weighted by Crippen LogP contribution is -2.36. The Morgan fingerprint density at radius 2 is 1.94 bits per heavy atom. The highest BCUT2D eigenvalue weighted by Crippen LogP contribution is 2.35. The van der Waals surface area contributed by atoms with E-state index < -0.39 is 0 Å². The van der Waals surface area contributed by atoms with E-state index in [1.807, 2.05) is 33.9 Å². The number of aryl methyl sites for hydroxylation is 1. The number of thiophene rings is 1. The summed E-state index contributed by atoms with van der Waals surface area (Å²) in [6.45, 7) is 3.52. The van der Waals surface area contributed by atoms with Gasteiger partial charge < -0.3 is 9.42 Å². The van der Waals surface area contributed by atoms with Crippen LogP contribution in [0.3, 0.4) is 0 Å². The molecule has 9 heteroatoms. The maximum absolute atomic E-state index is 12.6. The zero-order chi connectivity index (χ0) is 23.7. The number of carbonyl (C=O) groups excluding carboxylic acids is 1. The van der Waals surface area contributed by atoms with Crippen LogP contribution in [0, 0.1) is 6.92 Å². The van der Waals surface area contributed by atoms with Gasteiger partial charge in [0.25, 0.3) is 0 Å². The number of likely N-dealkylation sites (tertiary alicyclic amines) is 1. The van der Waals surface area contributed by atoms with Crippen LogP contribution in [0.5, 0.6) is 0 Å². The Morgan fingerprint density at radius 3 is 2.68 bits per heavy atom. The summed E-state index contributed by atoms with van der Waals surface area (Å²) in [5, 5.41) is 10.2. The molecule has 4 aromatic rings. The van der Waals surface area contributed by atoms with Gasteiger partial charge in [-0.15, -0.1) is 22.7 Å². The lowest BCUT2D eigenvalue weighted by atomic mass is 9.97. The maximum Gasteiger partial charge on any atom is 0.246 e. The molecule has 0 saturated carbocycles. The third-order valence-corrected chi connectivity index (χ3v) is 8.67. The van der Waals surface area contributed by atoms with E-state index in [1.165, 1.54) is 5.56 Å². The molecule has 34 heavy (non-hydrogen) atoms. The van der Waals surface area contributed by atoms with Crippen LogP contribution < -0.4 is 0 Å². The van der Waals surface area contributed by atoms with Crippen LogP contribution in [-0.4, -0.2) is 34.0 Å². The lowest BCUT2D eigenvalue weighted by Gasteiger charge is -2.30. The molecule has 1 fully saturated rings. The van der Waals surface area contributed by atoms with E-state index in [0.29, 0.717) is 27.4 Å². The molecule has 1 aliphatic rings. The Balaban J connectivity index is 1.21. The number of hydrogen-bond acceptors (Lipinski definition) is 6. The van der Waals surface area contributed by atoms with Gasteiger partial charge in [-0.25, -0.2) is 4.98 Å². The van der Waals surface area contributed by atoms with E-state index in [0.717, 1.165) is 47.1 Å². The normalized spacial score (nSPS) is 14.9. The van der Waals surface area contributed by atoms with E-state index in [2.05, 4.69) is 18.1 Å². The minimum atomic E-state index is 0.0718. The van der Waals surface area contributed by atoms with E-state index >= 15 is 0 Å². The lowest BCUT2D eigenvalue weighted by molar-refractivity contribution is -0.126. The van der Waals surface area contributed by atoms with Crippen molar-refractivity contribution in [1.29, 1.82) is 0 Å². The second-order valence-corrected chi connectivity index (χ2v) is 10.8. The third kappa shape index (κ3) is 4.98. The fourth-order valence-corrected chi connectivity index (χ4v) is 6.03. The summed E-state index contributed by atoms with van der Waals surface area (Å²) in [7, 11) is 0. The highest BCUT2D eigenvalue weighted by atomic mass is 35.5. The largest absolute Gasteiger partial charge is 0.354 e. The standard InChI is InChI=1S/C25H21Cl2N3O2S2/c1-15-8-11-33-23(15)4-5-24(31)30-9-6-16(7-10-30)25-28-21(14-34-25)22-13-20(29-32-22)17-2-3-18(26)19(27)12-17/h2-5,8,11-14,16H,6-7,9-10H2,1H3/b5-4+. The molecule has 1 amide bonds. The number of piperidine rings is 1. The summed E-state index contributed by atoms with van der Waals surface area (Å²) in [6, 6.07) is 9.29. The average Bonchev–Trinajstić information content (AvgIpc) is 3.60. The molecule has 5 rings (SSSR count). The van der Waals surface area contributed by atoms with E-state index in [9.17, 15) is 4.79 Å². The predicted octanol–water partition coefficient (Wildman–Crippen LogP) is 7.56. The summed E-state index contributed by atoms with van der Waals surface area (Å²) in [4.78, 5) is 20.5. The molecule has 0 radical (unpaired) electrons. The number of carbonyl (C=O) groups is 1. The van der Waals surface area contributed by atoms with Gasteiger partial charge in [0.2, 0.25) is 5.91 Å². The Hall–Kier alpha value is -2.45. The van der Waals surface area contributed by atoms with Gasteiger partial charge in [0.1, 0.15) is 11.4 Å². The van der Waals surface area contributed by atoms with Crippen molar-refractivity contribution in [2.45, 2.75) is 25.7 Å². The number of hydrogen-bond donors (Lipinski definition) is 0. The Labute approximate surface area is 215 Å². The van der Waals surface area contributed by atoms with Gasteiger partial charge in [0.05, 0.1) is 15.1 Å². The van der Waals surface area contributed by atoms with Crippen LogP contribution in [0.25, 0.3) is 28.8 Å². The molecule has 174 valence electrons. The Bertz CT molecular complexity index is 1350. The number of benzene rings is 1. The van der Waals surface area contributed by atoms with E-state index in [1.54, 1.807) is 40.9 Å². The molecular weight excluding hydrogens is 509 g/mol. The van der Waals surface area contributed by atoms with Crippen LogP contribution in [0.15, 0.2) is 51.7 Å². The van der Waals surface area contributed by atoms with Crippen molar-refractivity contribution in [3.8, 4) is 22.7 Å². The summed E-state index contributed by atoms with van der Waals surface area (Å²) in [6.07, 6.45) is 5.41. The summed E-state index contributed by atoms with van der Waals surface area (Å²) in [5.74, 6) is 1.02. The number of aromatic nitrogens is 2. The minimum Gasteiger partial charge on any atom is -0.354 e. The highest BCUT2D eigenvalue weighted by Gasteiger charge is 2.25. The molecule has 0 bridgehead atoms. The second-order valence-electron chi connectivity index (χ2n) is 8.18. The fourth-order valence-electron chi connectivity index (χ4n) is 3.93.